The lowest BCUT2D eigenvalue weighted by Gasteiger charge is -2.15. The summed E-state index contributed by atoms with van der Waals surface area (Å²) in [5, 5.41) is 0. The van der Waals surface area contributed by atoms with Crippen LogP contribution in [0.15, 0.2) is 30.5 Å². The van der Waals surface area contributed by atoms with E-state index in [1.54, 1.807) is 0 Å². The SMILES string of the molecule is Cc1cnc(C(N)c2ccc(C)c(C)c2)c(C)c1. The minimum atomic E-state index is -0.148. The molecule has 0 saturated heterocycles. The van der Waals surface area contributed by atoms with Crippen LogP contribution in [0.3, 0.4) is 0 Å². The summed E-state index contributed by atoms with van der Waals surface area (Å²) in [5.41, 5.74) is 13.3. The Balaban J connectivity index is 2.41. The largest absolute Gasteiger partial charge is 0.319 e. The second kappa shape index (κ2) is 4.91. The summed E-state index contributed by atoms with van der Waals surface area (Å²) < 4.78 is 0. The molecular weight excluding hydrogens is 220 g/mol. The average molecular weight is 240 g/mol. The quantitative estimate of drug-likeness (QED) is 0.874. The normalized spacial score (nSPS) is 12.5. The van der Waals surface area contributed by atoms with Crippen LogP contribution >= 0.6 is 0 Å². The molecule has 0 fully saturated rings. The maximum Gasteiger partial charge on any atom is 0.0729 e. The first-order valence-corrected chi connectivity index (χ1v) is 6.25. The summed E-state index contributed by atoms with van der Waals surface area (Å²) in [6.45, 7) is 8.34. The molecule has 0 bridgehead atoms. The third-order valence-corrected chi connectivity index (χ3v) is 3.44. The second-order valence-corrected chi connectivity index (χ2v) is 5.04. The molecule has 2 heteroatoms. The molecule has 2 aromatic rings. The minimum Gasteiger partial charge on any atom is -0.319 e. The van der Waals surface area contributed by atoms with E-state index < -0.39 is 0 Å². The molecule has 1 atom stereocenters. The van der Waals surface area contributed by atoms with Crippen LogP contribution in [0.1, 0.15) is 39.6 Å². The fourth-order valence-electron chi connectivity index (χ4n) is 2.17. The Kier molecular flexibility index (Phi) is 3.48. The molecule has 0 amide bonds. The van der Waals surface area contributed by atoms with Crippen LogP contribution in [-0.2, 0) is 0 Å². The van der Waals surface area contributed by atoms with Crippen molar-refractivity contribution >= 4 is 0 Å². The van der Waals surface area contributed by atoms with Crippen LogP contribution in [0.4, 0.5) is 0 Å². The third-order valence-electron chi connectivity index (χ3n) is 3.44. The molecule has 0 spiro atoms. The first-order valence-electron chi connectivity index (χ1n) is 6.25. The molecule has 2 nitrogen and oxygen atoms in total. The lowest BCUT2D eigenvalue weighted by molar-refractivity contribution is 0.814. The number of benzene rings is 1. The van der Waals surface area contributed by atoms with E-state index in [4.69, 9.17) is 5.73 Å². The standard InChI is InChI=1S/C16H20N2/c1-10-7-13(4)16(18-9-10)15(17)14-6-5-11(2)12(3)8-14/h5-9,15H,17H2,1-4H3. The summed E-state index contributed by atoms with van der Waals surface area (Å²) in [5.74, 6) is 0. The lowest BCUT2D eigenvalue weighted by atomic mass is 9.97. The average Bonchev–Trinajstić information content (AvgIpc) is 2.32. The van der Waals surface area contributed by atoms with Gasteiger partial charge in [0.05, 0.1) is 11.7 Å². The Hall–Kier alpha value is -1.67. The van der Waals surface area contributed by atoms with E-state index >= 15 is 0 Å². The van der Waals surface area contributed by atoms with Gasteiger partial charge in [-0.25, -0.2) is 0 Å². The first kappa shape index (κ1) is 12.8. The first-order chi connectivity index (χ1) is 8.49. The number of rotatable bonds is 2. The summed E-state index contributed by atoms with van der Waals surface area (Å²) >= 11 is 0. The van der Waals surface area contributed by atoms with Crippen LogP contribution in [-0.4, -0.2) is 4.98 Å². The van der Waals surface area contributed by atoms with Gasteiger partial charge in [-0.3, -0.25) is 4.98 Å². The Morgan fingerprint density at radius 1 is 0.944 bits per heavy atom. The molecule has 1 aromatic carbocycles. The van der Waals surface area contributed by atoms with Crippen molar-refractivity contribution in [2.75, 3.05) is 0 Å². The Morgan fingerprint density at radius 2 is 1.67 bits per heavy atom. The van der Waals surface area contributed by atoms with Crippen molar-refractivity contribution in [3.63, 3.8) is 0 Å². The maximum atomic E-state index is 6.32. The van der Waals surface area contributed by atoms with Crippen molar-refractivity contribution in [2.45, 2.75) is 33.7 Å². The van der Waals surface area contributed by atoms with Crippen LogP contribution < -0.4 is 5.73 Å². The van der Waals surface area contributed by atoms with E-state index in [2.05, 4.69) is 50.0 Å². The molecule has 1 aromatic heterocycles. The molecular formula is C16H20N2. The molecule has 0 aliphatic carbocycles. The predicted molar refractivity (Wildman–Crippen MR) is 75.7 cm³/mol. The maximum absolute atomic E-state index is 6.32. The smallest absolute Gasteiger partial charge is 0.0729 e. The van der Waals surface area contributed by atoms with Crippen molar-refractivity contribution in [3.8, 4) is 0 Å². The van der Waals surface area contributed by atoms with Crippen LogP contribution in [0.5, 0.6) is 0 Å². The van der Waals surface area contributed by atoms with Gasteiger partial charge in [-0.05, 0) is 55.5 Å². The van der Waals surface area contributed by atoms with E-state index in [1.165, 1.54) is 16.7 Å². The zero-order chi connectivity index (χ0) is 13.3. The topological polar surface area (TPSA) is 38.9 Å². The molecule has 0 aliphatic heterocycles. The number of pyridine rings is 1. The van der Waals surface area contributed by atoms with Gasteiger partial charge in [0.25, 0.3) is 0 Å². The van der Waals surface area contributed by atoms with E-state index in [-0.39, 0.29) is 6.04 Å². The van der Waals surface area contributed by atoms with Crippen LogP contribution in [0.2, 0.25) is 0 Å². The van der Waals surface area contributed by atoms with Gasteiger partial charge in [-0.1, -0.05) is 24.3 Å². The molecule has 18 heavy (non-hydrogen) atoms. The van der Waals surface area contributed by atoms with Gasteiger partial charge in [0, 0.05) is 6.20 Å². The van der Waals surface area contributed by atoms with Crippen LogP contribution in [0.25, 0.3) is 0 Å². The van der Waals surface area contributed by atoms with E-state index in [0.717, 1.165) is 16.8 Å². The third kappa shape index (κ3) is 2.44. The van der Waals surface area contributed by atoms with Crippen molar-refractivity contribution in [1.29, 1.82) is 0 Å². The number of aromatic nitrogens is 1. The number of hydrogen-bond donors (Lipinski definition) is 1. The predicted octanol–water partition coefficient (Wildman–Crippen LogP) is 3.36. The monoisotopic (exact) mass is 240 g/mol. The number of nitrogens with zero attached hydrogens (tertiary/aromatic N) is 1. The number of aryl methyl sites for hydroxylation is 4. The van der Waals surface area contributed by atoms with E-state index in [1.807, 2.05) is 13.1 Å². The van der Waals surface area contributed by atoms with Gasteiger partial charge in [-0.2, -0.15) is 0 Å². The van der Waals surface area contributed by atoms with Gasteiger partial charge in [0.1, 0.15) is 0 Å². The van der Waals surface area contributed by atoms with Crippen molar-refractivity contribution in [3.05, 3.63) is 64.0 Å². The van der Waals surface area contributed by atoms with Gasteiger partial charge < -0.3 is 5.73 Å². The summed E-state index contributed by atoms with van der Waals surface area (Å²) in [4.78, 5) is 4.48. The van der Waals surface area contributed by atoms with Crippen molar-refractivity contribution < 1.29 is 0 Å². The molecule has 0 aliphatic rings. The fraction of sp³-hybridized carbons (Fsp3) is 0.312. The zero-order valence-electron chi connectivity index (χ0n) is 11.5. The van der Waals surface area contributed by atoms with Gasteiger partial charge in [0.2, 0.25) is 0 Å². The Labute approximate surface area is 109 Å². The van der Waals surface area contributed by atoms with Gasteiger partial charge in [-0.15, -0.1) is 0 Å². The number of nitrogens with two attached hydrogens (primary N) is 1. The Bertz CT molecular complexity index is 573. The van der Waals surface area contributed by atoms with Gasteiger partial charge >= 0.3 is 0 Å². The highest BCUT2D eigenvalue weighted by atomic mass is 14.8. The Morgan fingerprint density at radius 3 is 2.28 bits per heavy atom. The molecule has 1 heterocycles. The lowest BCUT2D eigenvalue weighted by Crippen LogP contribution is -2.15. The highest BCUT2D eigenvalue weighted by Gasteiger charge is 2.13. The summed E-state index contributed by atoms with van der Waals surface area (Å²) in [6, 6.07) is 8.34. The molecule has 2 rings (SSSR count). The highest BCUT2D eigenvalue weighted by molar-refractivity contribution is 5.37. The minimum absolute atomic E-state index is 0.148. The van der Waals surface area contributed by atoms with Crippen LogP contribution in [0, 0.1) is 27.7 Å². The summed E-state index contributed by atoms with van der Waals surface area (Å²) in [6.07, 6.45) is 1.88. The molecule has 2 N–H and O–H groups in total. The fourth-order valence-corrected chi connectivity index (χ4v) is 2.17. The van der Waals surface area contributed by atoms with Crippen molar-refractivity contribution in [1.82, 2.24) is 4.98 Å². The molecule has 0 radical (unpaired) electrons. The van der Waals surface area contributed by atoms with Crippen molar-refractivity contribution in [2.24, 2.45) is 5.73 Å². The van der Waals surface area contributed by atoms with Gasteiger partial charge in [0.15, 0.2) is 0 Å². The molecule has 1 unspecified atom stereocenters. The van der Waals surface area contributed by atoms with E-state index in [9.17, 15) is 0 Å². The number of hydrogen-bond acceptors (Lipinski definition) is 2. The molecule has 0 saturated carbocycles. The summed E-state index contributed by atoms with van der Waals surface area (Å²) in [7, 11) is 0. The second-order valence-electron chi connectivity index (χ2n) is 5.04. The zero-order valence-corrected chi connectivity index (χ0v) is 11.5. The highest BCUT2D eigenvalue weighted by Crippen LogP contribution is 2.23. The van der Waals surface area contributed by atoms with E-state index in [0.29, 0.717) is 0 Å². The molecule has 94 valence electrons.